The minimum atomic E-state index is -0.258. The molecule has 1 aromatic rings. The zero-order valence-corrected chi connectivity index (χ0v) is 10.9. The van der Waals surface area contributed by atoms with Crippen LogP contribution in [0.15, 0.2) is 24.7 Å². The molecule has 3 nitrogen and oxygen atoms in total. The number of allylic oxidation sites excluding steroid dienone is 1. The van der Waals surface area contributed by atoms with Gasteiger partial charge in [0.1, 0.15) is 0 Å². The van der Waals surface area contributed by atoms with Gasteiger partial charge in [0.2, 0.25) is 0 Å². The summed E-state index contributed by atoms with van der Waals surface area (Å²) in [5.41, 5.74) is 2.84. The number of ketones is 1. The molecule has 1 fully saturated rings. The van der Waals surface area contributed by atoms with Crippen molar-refractivity contribution >= 4 is 11.4 Å². The average Bonchev–Trinajstić information content (AvgIpc) is 2.92. The average molecular weight is 242 g/mol. The SMILES string of the molecule is CN(C)C=C1C(=O)C2(CCCC2)c2cnccc21. The van der Waals surface area contributed by atoms with Gasteiger partial charge in [-0.05, 0) is 30.0 Å². The molecule has 2 aliphatic rings. The summed E-state index contributed by atoms with van der Waals surface area (Å²) in [6.07, 6.45) is 9.89. The van der Waals surface area contributed by atoms with Gasteiger partial charge < -0.3 is 4.90 Å². The van der Waals surface area contributed by atoms with Crippen LogP contribution in [0.1, 0.15) is 36.8 Å². The number of hydrogen-bond donors (Lipinski definition) is 0. The van der Waals surface area contributed by atoms with E-state index in [-0.39, 0.29) is 5.41 Å². The van der Waals surface area contributed by atoms with Crippen LogP contribution < -0.4 is 0 Å². The Morgan fingerprint density at radius 2 is 2.06 bits per heavy atom. The lowest BCUT2D eigenvalue weighted by Gasteiger charge is -2.21. The number of carbonyl (C=O) groups excluding carboxylic acids is 1. The lowest BCUT2D eigenvalue weighted by Crippen LogP contribution is -2.28. The van der Waals surface area contributed by atoms with Crippen LogP contribution in [-0.2, 0) is 10.2 Å². The number of Topliss-reactive ketones (excluding diaryl/α,β-unsaturated/α-hetero) is 1. The summed E-state index contributed by atoms with van der Waals surface area (Å²) >= 11 is 0. The Balaban J connectivity index is 2.20. The molecule has 18 heavy (non-hydrogen) atoms. The Morgan fingerprint density at radius 1 is 1.33 bits per heavy atom. The number of fused-ring (bicyclic) bond motifs is 2. The number of nitrogens with zero attached hydrogens (tertiary/aromatic N) is 2. The molecule has 0 unspecified atom stereocenters. The zero-order valence-electron chi connectivity index (χ0n) is 10.9. The Hall–Kier alpha value is -1.64. The monoisotopic (exact) mass is 242 g/mol. The maximum atomic E-state index is 12.8. The second kappa shape index (κ2) is 3.94. The summed E-state index contributed by atoms with van der Waals surface area (Å²) in [7, 11) is 3.92. The van der Waals surface area contributed by atoms with Gasteiger partial charge in [-0.2, -0.15) is 0 Å². The number of hydrogen-bond acceptors (Lipinski definition) is 3. The van der Waals surface area contributed by atoms with Crippen LogP contribution >= 0.6 is 0 Å². The van der Waals surface area contributed by atoms with Crippen LogP contribution in [0, 0.1) is 0 Å². The summed E-state index contributed by atoms with van der Waals surface area (Å²) in [6.45, 7) is 0. The second-order valence-electron chi connectivity index (χ2n) is 5.55. The van der Waals surface area contributed by atoms with Crippen molar-refractivity contribution in [3.05, 3.63) is 35.8 Å². The molecule has 0 bridgehead atoms. The lowest BCUT2D eigenvalue weighted by molar-refractivity contribution is -0.118. The Kier molecular flexibility index (Phi) is 2.51. The van der Waals surface area contributed by atoms with E-state index in [1.165, 1.54) is 0 Å². The molecule has 1 saturated carbocycles. The highest BCUT2D eigenvalue weighted by Crippen LogP contribution is 2.51. The van der Waals surface area contributed by atoms with E-state index in [4.69, 9.17) is 0 Å². The van der Waals surface area contributed by atoms with Crippen molar-refractivity contribution < 1.29 is 4.79 Å². The van der Waals surface area contributed by atoms with Crippen LogP contribution in [0.25, 0.3) is 5.57 Å². The molecule has 0 atom stereocenters. The summed E-state index contributed by atoms with van der Waals surface area (Å²) in [5.74, 6) is 0.303. The minimum Gasteiger partial charge on any atom is -0.383 e. The molecule has 1 aromatic heterocycles. The first-order valence-corrected chi connectivity index (χ1v) is 6.53. The highest BCUT2D eigenvalue weighted by atomic mass is 16.1. The van der Waals surface area contributed by atoms with Gasteiger partial charge in [-0.15, -0.1) is 0 Å². The summed E-state index contributed by atoms with van der Waals surface area (Å²) in [4.78, 5) is 19.0. The van der Waals surface area contributed by atoms with Gasteiger partial charge in [0, 0.05) is 38.3 Å². The molecule has 0 aliphatic heterocycles. The van der Waals surface area contributed by atoms with Crippen molar-refractivity contribution in [2.24, 2.45) is 0 Å². The van der Waals surface area contributed by atoms with E-state index < -0.39 is 0 Å². The molecule has 0 N–H and O–H groups in total. The van der Waals surface area contributed by atoms with Crippen molar-refractivity contribution in [2.45, 2.75) is 31.1 Å². The minimum absolute atomic E-state index is 0.258. The molecule has 2 aliphatic carbocycles. The maximum Gasteiger partial charge on any atom is 0.175 e. The number of pyridine rings is 1. The number of rotatable bonds is 1. The maximum absolute atomic E-state index is 12.8. The largest absolute Gasteiger partial charge is 0.383 e. The molecule has 0 saturated heterocycles. The predicted octanol–water partition coefficient (Wildman–Crippen LogP) is 2.38. The number of carbonyl (C=O) groups is 1. The van der Waals surface area contributed by atoms with Gasteiger partial charge in [-0.25, -0.2) is 0 Å². The van der Waals surface area contributed by atoms with Crippen molar-refractivity contribution in [1.29, 1.82) is 0 Å². The first kappa shape index (κ1) is 11.5. The molecular formula is C15H18N2O. The molecule has 3 rings (SSSR count). The van der Waals surface area contributed by atoms with Crippen LogP contribution in [-0.4, -0.2) is 29.8 Å². The normalized spacial score (nSPS) is 22.8. The molecule has 3 heteroatoms. The van der Waals surface area contributed by atoms with Gasteiger partial charge in [0.15, 0.2) is 5.78 Å². The summed E-state index contributed by atoms with van der Waals surface area (Å²) in [5, 5.41) is 0. The summed E-state index contributed by atoms with van der Waals surface area (Å²) < 4.78 is 0. The third-order valence-corrected chi connectivity index (χ3v) is 4.15. The first-order chi connectivity index (χ1) is 8.65. The van der Waals surface area contributed by atoms with E-state index >= 15 is 0 Å². The lowest BCUT2D eigenvalue weighted by atomic mass is 9.80. The molecule has 0 aromatic carbocycles. The zero-order chi connectivity index (χ0) is 12.8. The highest BCUT2D eigenvalue weighted by molar-refractivity contribution is 6.29. The Labute approximate surface area is 108 Å². The topological polar surface area (TPSA) is 33.2 Å². The van der Waals surface area contributed by atoms with Crippen molar-refractivity contribution in [3.63, 3.8) is 0 Å². The summed E-state index contributed by atoms with van der Waals surface area (Å²) in [6, 6.07) is 1.98. The fourth-order valence-electron chi connectivity index (χ4n) is 3.37. The van der Waals surface area contributed by atoms with Gasteiger partial charge >= 0.3 is 0 Å². The van der Waals surface area contributed by atoms with Crippen LogP contribution in [0.2, 0.25) is 0 Å². The fraction of sp³-hybridized carbons (Fsp3) is 0.467. The van der Waals surface area contributed by atoms with Gasteiger partial charge in [-0.3, -0.25) is 9.78 Å². The molecule has 0 amide bonds. The Morgan fingerprint density at radius 3 is 2.72 bits per heavy atom. The van der Waals surface area contributed by atoms with E-state index in [0.717, 1.165) is 42.4 Å². The molecule has 94 valence electrons. The van der Waals surface area contributed by atoms with Crippen LogP contribution in [0.3, 0.4) is 0 Å². The molecular weight excluding hydrogens is 224 g/mol. The second-order valence-corrected chi connectivity index (χ2v) is 5.55. The quantitative estimate of drug-likeness (QED) is 0.709. The van der Waals surface area contributed by atoms with E-state index in [9.17, 15) is 4.79 Å². The van der Waals surface area contributed by atoms with Gasteiger partial charge in [0.05, 0.1) is 5.41 Å². The van der Waals surface area contributed by atoms with E-state index in [1.54, 1.807) is 6.20 Å². The smallest absolute Gasteiger partial charge is 0.175 e. The van der Waals surface area contributed by atoms with E-state index in [1.807, 2.05) is 37.5 Å². The van der Waals surface area contributed by atoms with Crippen molar-refractivity contribution in [1.82, 2.24) is 9.88 Å². The van der Waals surface area contributed by atoms with Crippen molar-refractivity contribution in [3.8, 4) is 0 Å². The van der Waals surface area contributed by atoms with E-state index in [2.05, 4.69) is 4.98 Å². The standard InChI is InChI=1S/C15H18N2O/c1-17(2)10-12-11-5-8-16-9-13(11)15(14(12)18)6-3-4-7-15/h5,8-10H,3-4,6-7H2,1-2H3. The van der Waals surface area contributed by atoms with E-state index in [0.29, 0.717) is 5.78 Å². The van der Waals surface area contributed by atoms with Crippen LogP contribution in [0.4, 0.5) is 0 Å². The fourth-order valence-corrected chi connectivity index (χ4v) is 3.37. The third-order valence-electron chi connectivity index (χ3n) is 4.15. The third kappa shape index (κ3) is 1.43. The Bertz CT molecular complexity index is 525. The number of aromatic nitrogens is 1. The van der Waals surface area contributed by atoms with Crippen LogP contribution in [0.5, 0.6) is 0 Å². The molecule has 1 heterocycles. The van der Waals surface area contributed by atoms with Gasteiger partial charge in [-0.1, -0.05) is 12.8 Å². The molecule has 1 spiro atoms. The predicted molar refractivity (Wildman–Crippen MR) is 71.1 cm³/mol. The van der Waals surface area contributed by atoms with Crippen molar-refractivity contribution in [2.75, 3.05) is 14.1 Å². The first-order valence-electron chi connectivity index (χ1n) is 6.53. The van der Waals surface area contributed by atoms with Gasteiger partial charge in [0.25, 0.3) is 0 Å². The molecule has 0 radical (unpaired) electrons. The highest BCUT2D eigenvalue weighted by Gasteiger charge is 2.50.